The van der Waals surface area contributed by atoms with E-state index in [-0.39, 0.29) is 17.2 Å². The molecule has 1 aromatic carbocycles. The molecule has 0 aliphatic carbocycles. The molecule has 1 aliphatic heterocycles. The van der Waals surface area contributed by atoms with E-state index < -0.39 is 10.0 Å². The summed E-state index contributed by atoms with van der Waals surface area (Å²) in [6.45, 7) is 1.59. The highest BCUT2D eigenvalue weighted by atomic mass is 35.5. The lowest BCUT2D eigenvalue weighted by Crippen LogP contribution is -2.35. The van der Waals surface area contributed by atoms with Crippen molar-refractivity contribution in [3.63, 3.8) is 0 Å². The van der Waals surface area contributed by atoms with Crippen molar-refractivity contribution in [2.45, 2.75) is 43.5 Å². The van der Waals surface area contributed by atoms with Gasteiger partial charge in [-0.25, -0.2) is 18.1 Å². The number of benzene rings is 1. The van der Waals surface area contributed by atoms with E-state index in [1.807, 2.05) is 0 Å². The fraction of sp³-hybridized carbons (Fsp3) is 0.400. The van der Waals surface area contributed by atoms with Gasteiger partial charge in [0.1, 0.15) is 11.3 Å². The molecule has 0 atom stereocenters. The molecule has 1 aliphatic rings. The summed E-state index contributed by atoms with van der Waals surface area (Å²) in [6, 6.07) is 8.20. The van der Waals surface area contributed by atoms with Crippen molar-refractivity contribution in [3.8, 4) is 0 Å². The first kappa shape index (κ1) is 21.7. The number of halogens is 1. The zero-order valence-electron chi connectivity index (χ0n) is 16.9. The predicted molar refractivity (Wildman–Crippen MR) is 117 cm³/mol. The first-order valence-corrected chi connectivity index (χ1v) is 12.0. The van der Waals surface area contributed by atoms with Crippen LogP contribution in [-0.2, 0) is 21.4 Å². The number of fused-ring (bicyclic) bond motifs is 1. The van der Waals surface area contributed by atoms with Crippen molar-refractivity contribution < 1.29 is 13.2 Å². The number of carbonyl (C=O) groups excluding carboxylic acids is 1. The Morgan fingerprint density at radius 1 is 1.13 bits per heavy atom. The zero-order chi connectivity index (χ0) is 21.8. The monoisotopic (exact) mass is 462 g/mol. The van der Waals surface area contributed by atoms with Crippen LogP contribution < -0.4 is 5.32 Å². The van der Waals surface area contributed by atoms with Gasteiger partial charge in [0.25, 0.3) is 0 Å². The molecule has 31 heavy (non-hydrogen) atoms. The summed E-state index contributed by atoms with van der Waals surface area (Å²) in [4.78, 5) is 16.4. The highest BCUT2D eigenvalue weighted by Gasteiger charge is 2.26. The molecule has 3 heterocycles. The molecular formula is C20H23ClN6O3S. The molecule has 1 N–H and O–H groups in total. The van der Waals surface area contributed by atoms with E-state index in [1.165, 1.54) is 10.5 Å². The molecule has 0 bridgehead atoms. The number of rotatable bonds is 7. The molecule has 1 fully saturated rings. The van der Waals surface area contributed by atoms with Gasteiger partial charge in [0.05, 0.1) is 15.4 Å². The molecule has 0 unspecified atom stereocenters. The minimum Gasteiger partial charge on any atom is -0.311 e. The average Bonchev–Trinajstić information content (AvgIpc) is 3.18. The molecule has 0 radical (unpaired) electrons. The number of hydrogen-bond donors (Lipinski definition) is 1. The summed E-state index contributed by atoms with van der Waals surface area (Å²) < 4.78 is 29.0. The highest BCUT2D eigenvalue weighted by Crippen LogP contribution is 2.23. The number of nitrogens with zero attached hydrogens (tertiary/aromatic N) is 5. The number of anilines is 1. The summed E-state index contributed by atoms with van der Waals surface area (Å²) in [5.74, 6) is 0.289. The Morgan fingerprint density at radius 2 is 1.94 bits per heavy atom. The average molecular weight is 463 g/mol. The molecule has 0 spiro atoms. The van der Waals surface area contributed by atoms with Crippen molar-refractivity contribution in [2.75, 3.05) is 18.4 Å². The first-order chi connectivity index (χ1) is 14.9. The minimum absolute atomic E-state index is 0.158. The van der Waals surface area contributed by atoms with Gasteiger partial charge in [-0.05, 0) is 49.6 Å². The standard InChI is InChI=1S/C20H23ClN6O3S/c21-15-6-9-19(22-14-15)23-20(28)5-4-12-27-18-8-7-16(13-17(18)24-25-27)31(29,30)26-10-2-1-3-11-26/h6-9,13-14H,1-5,10-12H2,(H,22,23,28). The Bertz CT molecular complexity index is 1170. The molecule has 9 nitrogen and oxygen atoms in total. The largest absolute Gasteiger partial charge is 0.311 e. The second-order valence-electron chi connectivity index (χ2n) is 7.44. The van der Waals surface area contributed by atoms with Crippen LogP contribution in [0.25, 0.3) is 11.0 Å². The van der Waals surface area contributed by atoms with Gasteiger partial charge in [0.15, 0.2) is 0 Å². The Kier molecular flexibility index (Phi) is 6.49. The van der Waals surface area contributed by atoms with E-state index in [2.05, 4.69) is 20.6 Å². The summed E-state index contributed by atoms with van der Waals surface area (Å²) in [5.41, 5.74) is 1.25. The van der Waals surface area contributed by atoms with Gasteiger partial charge in [-0.2, -0.15) is 4.31 Å². The van der Waals surface area contributed by atoms with Crippen LogP contribution in [-0.4, -0.2) is 51.7 Å². The summed E-state index contributed by atoms with van der Waals surface area (Å²) in [6.07, 6.45) is 5.14. The SMILES string of the molecule is O=C(CCCn1nnc2cc(S(=O)(=O)N3CCCCC3)ccc21)Nc1ccc(Cl)cn1. The van der Waals surface area contributed by atoms with Crippen molar-refractivity contribution >= 4 is 44.4 Å². The zero-order valence-corrected chi connectivity index (χ0v) is 18.4. The number of nitrogens with one attached hydrogen (secondary N) is 1. The number of aryl methyl sites for hydroxylation is 1. The molecule has 3 aromatic rings. The van der Waals surface area contributed by atoms with Crippen LogP contribution in [0.4, 0.5) is 5.82 Å². The normalized spacial score (nSPS) is 15.3. The van der Waals surface area contributed by atoms with Gasteiger partial charge in [-0.1, -0.05) is 23.2 Å². The Morgan fingerprint density at radius 3 is 2.68 bits per heavy atom. The van der Waals surface area contributed by atoms with Gasteiger partial charge >= 0.3 is 0 Å². The number of amides is 1. The van der Waals surface area contributed by atoms with E-state index in [4.69, 9.17) is 11.6 Å². The highest BCUT2D eigenvalue weighted by molar-refractivity contribution is 7.89. The molecule has 11 heteroatoms. The number of hydrogen-bond acceptors (Lipinski definition) is 6. The van der Waals surface area contributed by atoms with Gasteiger partial charge in [0, 0.05) is 32.3 Å². The van der Waals surface area contributed by atoms with Crippen molar-refractivity contribution in [2.24, 2.45) is 0 Å². The van der Waals surface area contributed by atoms with Crippen molar-refractivity contribution in [1.29, 1.82) is 0 Å². The second kappa shape index (κ2) is 9.29. The number of carbonyl (C=O) groups is 1. The maximum absolute atomic E-state index is 12.9. The first-order valence-electron chi connectivity index (χ1n) is 10.2. The topological polar surface area (TPSA) is 110 Å². The maximum atomic E-state index is 12.9. The van der Waals surface area contributed by atoms with E-state index in [9.17, 15) is 13.2 Å². The Labute approximate surface area is 185 Å². The fourth-order valence-corrected chi connectivity index (χ4v) is 5.23. The van der Waals surface area contributed by atoms with Crippen LogP contribution in [0.3, 0.4) is 0 Å². The number of piperidine rings is 1. The molecule has 0 saturated carbocycles. The van der Waals surface area contributed by atoms with E-state index in [0.29, 0.717) is 42.4 Å². The van der Waals surface area contributed by atoms with Crippen molar-refractivity contribution in [1.82, 2.24) is 24.3 Å². The quantitative estimate of drug-likeness (QED) is 0.577. The molecule has 4 rings (SSSR count). The fourth-order valence-electron chi connectivity index (χ4n) is 3.58. The maximum Gasteiger partial charge on any atom is 0.243 e. The van der Waals surface area contributed by atoms with E-state index >= 15 is 0 Å². The molecule has 1 saturated heterocycles. The Hall–Kier alpha value is -2.56. The lowest BCUT2D eigenvalue weighted by Gasteiger charge is -2.25. The third-order valence-electron chi connectivity index (χ3n) is 5.21. The molecule has 164 valence electrons. The van der Waals surface area contributed by atoms with Crippen LogP contribution in [0.15, 0.2) is 41.4 Å². The lowest BCUT2D eigenvalue weighted by atomic mass is 10.2. The third kappa shape index (κ3) is 5.03. The minimum atomic E-state index is -3.52. The van der Waals surface area contributed by atoms with Crippen LogP contribution in [0.2, 0.25) is 5.02 Å². The summed E-state index contributed by atoms with van der Waals surface area (Å²) in [7, 11) is -3.52. The lowest BCUT2D eigenvalue weighted by molar-refractivity contribution is -0.116. The molecule has 2 aromatic heterocycles. The van der Waals surface area contributed by atoms with Crippen LogP contribution >= 0.6 is 11.6 Å². The smallest absolute Gasteiger partial charge is 0.243 e. The Balaban J connectivity index is 1.38. The predicted octanol–water partition coefficient (Wildman–Crippen LogP) is 3.07. The molecule has 1 amide bonds. The van der Waals surface area contributed by atoms with Gasteiger partial charge in [-0.3, -0.25) is 4.79 Å². The van der Waals surface area contributed by atoms with Crippen LogP contribution in [0.1, 0.15) is 32.1 Å². The van der Waals surface area contributed by atoms with Gasteiger partial charge < -0.3 is 5.32 Å². The molecular weight excluding hydrogens is 440 g/mol. The second-order valence-corrected chi connectivity index (χ2v) is 9.82. The summed E-state index contributed by atoms with van der Waals surface area (Å²) in [5, 5.41) is 11.5. The summed E-state index contributed by atoms with van der Waals surface area (Å²) >= 11 is 5.78. The number of pyridine rings is 1. The van der Waals surface area contributed by atoms with Crippen LogP contribution in [0.5, 0.6) is 0 Å². The van der Waals surface area contributed by atoms with Gasteiger partial charge in [0.2, 0.25) is 15.9 Å². The van der Waals surface area contributed by atoms with Crippen molar-refractivity contribution in [3.05, 3.63) is 41.6 Å². The third-order valence-corrected chi connectivity index (χ3v) is 7.33. The number of aromatic nitrogens is 4. The van der Waals surface area contributed by atoms with E-state index in [0.717, 1.165) is 24.8 Å². The van der Waals surface area contributed by atoms with Crippen LogP contribution in [0, 0.1) is 0 Å². The van der Waals surface area contributed by atoms with E-state index in [1.54, 1.807) is 35.0 Å². The number of sulfonamides is 1. The van der Waals surface area contributed by atoms with Gasteiger partial charge in [-0.15, -0.1) is 5.10 Å².